The minimum absolute atomic E-state index is 0.0856. The van der Waals surface area contributed by atoms with Crippen molar-refractivity contribution >= 4 is 17.6 Å². The lowest BCUT2D eigenvalue weighted by molar-refractivity contribution is -0.120. The highest BCUT2D eigenvalue weighted by atomic mass is 16.5. The van der Waals surface area contributed by atoms with Crippen molar-refractivity contribution in [1.29, 1.82) is 0 Å². The fourth-order valence-corrected chi connectivity index (χ4v) is 3.43. The molecule has 1 aromatic carbocycles. The summed E-state index contributed by atoms with van der Waals surface area (Å²) in [6, 6.07) is 10.8. The monoisotopic (exact) mass is 439 g/mol. The second kappa shape index (κ2) is 12.0. The van der Waals surface area contributed by atoms with Crippen LogP contribution in [0.1, 0.15) is 35.7 Å². The molecule has 2 N–H and O–H groups in total. The van der Waals surface area contributed by atoms with Crippen molar-refractivity contribution in [1.82, 2.24) is 20.5 Å². The highest BCUT2D eigenvalue weighted by Crippen LogP contribution is 2.18. The van der Waals surface area contributed by atoms with Gasteiger partial charge in [-0.1, -0.05) is 19.4 Å². The molecule has 2 amide bonds. The average molecular weight is 440 g/mol. The smallest absolute Gasteiger partial charge is 0.251 e. The van der Waals surface area contributed by atoms with Crippen molar-refractivity contribution in [2.45, 2.75) is 26.3 Å². The van der Waals surface area contributed by atoms with Gasteiger partial charge in [-0.3, -0.25) is 9.59 Å². The zero-order valence-corrected chi connectivity index (χ0v) is 19.0. The third-order valence-corrected chi connectivity index (χ3v) is 5.44. The van der Waals surface area contributed by atoms with Crippen molar-refractivity contribution in [2.75, 3.05) is 51.3 Å². The summed E-state index contributed by atoms with van der Waals surface area (Å²) in [7, 11) is 2.11. The quantitative estimate of drug-likeness (QED) is 0.551. The van der Waals surface area contributed by atoms with Gasteiger partial charge in [0, 0.05) is 50.0 Å². The highest BCUT2D eigenvalue weighted by molar-refractivity contribution is 5.96. The van der Waals surface area contributed by atoms with Gasteiger partial charge in [-0.05, 0) is 43.8 Å². The Hall–Kier alpha value is -3.13. The summed E-state index contributed by atoms with van der Waals surface area (Å²) in [5, 5.41) is 5.55. The first-order valence-electron chi connectivity index (χ1n) is 11.2. The van der Waals surface area contributed by atoms with Crippen molar-refractivity contribution in [2.24, 2.45) is 0 Å². The molecule has 32 heavy (non-hydrogen) atoms. The van der Waals surface area contributed by atoms with E-state index >= 15 is 0 Å². The van der Waals surface area contributed by atoms with E-state index in [1.165, 1.54) is 0 Å². The number of anilines is 1. The Morgan fingerprint density at radius 3 is 2.53 bits per heavy atom. The number of amides is 2. The summed E-state index contributed by atoms with van der Waals surface area (Å²) in [4.78, 5) is 33.7. The van der Waals surface area contributed by atoms with E-state index in [2.05, 4.69) is 39.4 Å². The molecule has 0 radical (unpaired) electrons. The third kappa shape index (κ3) is 6.95. The second-order valence-electron chi connectivity index (χ2n) is 7.96. The van der Waals surface area contributed by atoms with Crippen LogP contribution in [-0.4, -0.2) is 68.1 Å². The van der Waals surface area contributed by atoms with Crippen molar-refractivity contribution in [3.63, 3.8) is 0 Å². The third-order valence-electron chi connectivity index (χ3n) is 5.44. The lowest BCUT2D eigenvalue weighted by Crippen LogP contribution is -2.45. The van der Waals surface area contributed by atoms with Gasteiger partial charge in [-0.15, -0.1) is 0 Å². The standard InChI is InChI=1S/C24H33N5O3/c1-3-4-16-32-21-9-7-19(8-10-21)24(31)27-18-22(30)26-17-20-6-5-11-25-23(20)29-14-12-28(2)13-15-29/h5-11H,3-4,12-18H2,1-2H3,(H,26,30)(H,27,31). The van der Waals surface area contributed by atoms with Crippen molar-refractivity contribution < 1.29 is 14.3 Å². The van der Waals surface area contributed by atoms with Crippen molar-refractivity contribution in [3.05, 3.63) is 53.7 Å². The van der Waals surface area contributed by atoms with Gasteiger partial charge < -0.3 is 25.2 Å². The Balaban J connectivity index is 1.45. The molecule has 1 saturated heterocycles. The minimum atomic E-state index is -0.292. The molecule has 0 aliphatic carbocycles. The summed E-state index contributed by atoms with van der Waals surface area (Å²) < 4.78 is 5.61. The Kier molecular flexibility index (Phi) is 8.86. The second-order valence-corrected chi connectivity index (χ2v) is 7.96. The predicted molar refractivity (Wildman–Crippen MR) is 125 cm³/mol. The number of pyridine rings is 1. The van der Waals surface area contributed by atoms with Crippen LogP contribution < -0.4 is 20.3 Å². The molecule has 8 nitrogen and oxygen atoms in total. The van der Waals surface area contributed by atoms with Gasteiger partial charge in [0.15, 0.2) is 0 Å². The number of hydrogen-bond donors (Lipinski definition) is 2. The van der Waals surface area contributed by atoms with Crippen LogP contribution in [0.4, 0.5) is 5.82 Å². The molecule has 0 saturated carbocycles. The van der Waals surface area contributed by atoms with Gasteiger partial charge in [-0.25, -0.2) is 4.98 Å². The molecule has 0 bridgehead atoms. The Bertz CT molecular complexity index is 879. The number of likely N-dealkylation sites (N-methyl/N-ethyl adjacent to an activating group) is 1. The Morgan fingerprint density at radius 2 is 1.81 bits per heavy atom. The van der Waals surface area contributed by atoms with E-state index in [9.17, 15) is 9.59 Å². The maximum atomic E-state index is 12.3. The summed E-state index contributed by atoms with van der Waals surface area (Å²) in [5.74, 6) is 1.11. The minimum Gasteiger partial charge on any atom is -0.494 e. The van der Waals surface area contributed by atoms with Crippen LogP contribution in [0.3, 0.4) is 0 Å². The number of hydrogen-bond acceptors (Lipinski definition) is 6. The first kappa shape index (κ1) is 23.5. The first-order valence-corrected chi connectivity index (χ1v) is 11.2. The largest absolute Gasteiger partial charge is 0.494 e. The molecule has 2 heterocycles. The number of aromatic nitrogens is 1. The van der Waals surface area contributed by atoms with Gasteiger partial charge >= 0.3 is 0 Å². The SMILES string of the molecule is CCCCOc1ccc(C(=O)NCC(=O)NCc2cccnc2N2CCN(C)CC2)cc1. The number of piperazine rings is 1. The molecule has 1 aromatic heterocycles. The Morgan fingerprint density at radius 1 is 1.06 bits per heavy atom. The van der Waals surface area contributed by atoms with E-state index < -0.39 is 0 Å². The van der Waals surface area contributed by atoms with E-state index in [0.29, 0.717) is 18.7 Å². The van der Waals surface area contributed by atoms with Crippen LogP contribution in [-0.2, 0) is 11.3 Å². The van der Waals surface area contributed by atoms with Gasteiger partial charge in [-0.2, -0.15) is 0 Å². The number of nitrogens with one attached hydrogen (secondary N) is 2. The highest BCUT2D eigenvalue weighted by Gasteiger charge is 2.18. The number of carbonyl (C=O) groups is 2. The lowest BCUT2D eigenvalue weighted by atomic mass is 10.2. The predicted octanol–water partition coefficient (Wildman–Crippen LogP) is 2.06. The molecule has 3 rings (SSSR count). The molecule has 1 aliphatic heterocycles. The van der Waals surface area contributed by atoms with E-state index in [-0.39, 0.29) is 18.4 Å². The van der Waals surface area contributed by atoms with Crippen LogP contribution in [0.15, 0.2) is 42.6 Å². The fourth-order valence-electron chi connectivity index (χ4n) is 3.43. The number of benzene rings is 1. The topological polar surface area (TPSA) is 86.8 Å². The number of unbranched alkanes of at least 4 members (excludes halogenated alkanes) is 1. The van der Waals surface area contributed by atoms with Gasteiger partial charge in [0.1, 0.15) is 11.6 Å². The maximum Gasteiger partial charge on any atom is 0.251 e. The van der Waals surface area contributed by atoms with Gasteiger partial charge in [0.05, 0.1) is 13.2 Å². The Labute approximate surface area is 190 Å². The van der Waals surface area contributed by atoms with Crippen LogP contribution in [0.2, 0.25) is 0 Å². The normalized spacial score (nSPS) is 14.1. The maximum absolute atomic E-state index is 12.3. The van der Waals surface area contributed by atoms with Crippen LogP contribution in [0.5, 0.6) is 5.75 Å². The zero-order valence-electron chi connectivity index (χ0n) is 19.0. The van der Waals surface area contributed by atoms with Crippen LogP contribution in [0.25, 0.3) is 0 Å². The molecule has 1 fully saturated rings. The summed E-state index contributed by atoms with van der Waals surface area (Å²) >= 11 is 0. The van der Waals surface area contributed by atoms with E-state index in [1.54, 1.807) is 30.5 Å². The molecular formula is C24H33N5O3. The average Bonchev–Trinajstić information content (AvgIpc) is 2.82. The van der Waals surface area contributed by atoms with Crippen LogP contribution in [0, 0.1) is 0 Å². The summed E-state index contributed by atoms with van der Waals surface area (Å²) in [6.45, 7) is 6.85. The van der Waals surface area contributed by atoms with Gasteiger partial charge in [0.25, 0.3) is 5.91 Å². The summed E-state index contributed by atoms with van der Waals surface area (Å²) in [6.07, 6.45) is 3.84. The summed E-state index contributed by atoms with van der Waals surface area (Å²) in [5.41, 5.74) is 1.46. The van der Waals surface area contributed by atoms with Crippen molar-refractivity contribution in [3.8, 4) is 5.75 Å². The molecule has 0 spiro atoms. The number of rotatable bonds is 10. The fraction of sp³-hybridized carbons (Fsp3) is 0.458. The first-order chi connectivity index (χ1) is 15.6. The van der Waals surface area contributed by atoms with E-state index in [4.69, 9.17) is 4.74 Å². The van der Waals surface area contributed by atoms with Gasteiger partial charge in [0.2, 0.25) is 5.91 Å². The molecule has 8 heteroatoms. The number of ether oxygens (including phenoxy) is 1. The zero-order chi connectivity index (χ0) is 22.8. The molecule has 2 aromatic rings. The molecule has 0 unspecified atom stereocenters. The lowest BCUT2D eigenvalue weighted by Gasteiger charge is -2.34. The van der Waals surface area contributed by atoms with Crippen LogP contribution >= 0.6 is 0 Å². The molecular weight excluding hydrogens is 406 g/mol. The molecule has 172 valence electrons. The molecule has 0 atom stereocenters. The van der Waals surface area contributed by atoms with E-state index in [1.807, 2.05) is 12.1 Å². The number of nitrogens with zero attached hydrogens (tertiary/aromatic N) is 3. The molecule has 1 aliphatic rings. The van der Waals surface area contributed by atoms with E-state index in [0.717, 1.165) is 56.2 Å². The number of carbonyl (C=O) groups excluding carboxylic acids is 2.